The third-order valence-electron chi connectivity index (χ3n) is 2.90. The van der Waals surface area contributed by atoms with Gasteiger partial charge in [0.2, 0.25) is 0 Å². The molecule has 1 aromatic rings. The number of amides is 1. The number of carbonyl (C=O) groups is 1. The zero-order valence-corrected chi connectivity index (χ0v) is 11.5. The highest BCUT2D eigenvalue weighted by molar-refractivity contribution is 5.99. The number of para-hydroxylation sites is 1. The second-order valence-electron chi connectivity index (χ2n) is 5.39. The van der Waals surface area contributed by atoms with Crippen LogP contribution in [0.5, 0.6) is 0 Å². The van der Waals surface area contributed by atoms with Crippen LogP contribution in [0.25, 0.3) is 0 Å². The molecule has 1 amide bonds. The minimum Gasteiger partial charge on any atom is -0.398 e. The molecule has 1 rings (SSSR count). The van der Waals surface area contributed by atoms with E-state index in [1.54, 1.807) is 31.4 Å². The summed E-state index contributed by atoms with van der Waals surface area (Å²) in [5.41, 5.74) is 6.72. The lowest BCUT2D eigenvalue weighted by atomic mass is 9.89. The summed E-state index contributed by atoms with van der Waals surface area (Å²) in [6, 6.07) is 7.03. The Kier molecular flexibility index (Phi) is 4.73. The minimum atomic E-state index is -0.167. The first-order valence-corrected chi connectivity index (χ1v) is 6.01. The van der Waals surface area contributed by atoms with Crippen LogP contribution in [0, 0.1) is 5.41 Å². The van der Waals surface area contributed by atoms with Gasteiger partial charge in [-0.3, -0.25) is 4.79 Å². The standard InChI is InChI=1S/C14H22N2O2/c1-14(2,3)12(18-4)9-16-13(17)10-7-5-6-8-11(10)15/h5-8,12H,9,15H2,1-4H3,(H,16,17). The smallest absolute Gasteiger partial charge is 0.253 e. The van der Waals surface area contributed by atoms with Crippen molar-refractivity contribution in [3.05, 3.63) is 29.8 Å². The normalized spacial score (nSPS) is 13.1. The van der Waals surface area contributed by atoms with Crippen LogP contribution in [0.2, 0.25) is 0 Å². The van der Waals surface area contributed by atoms with Gasteiger partial charge in [-0.15, -0.1) is 0 Å². The molecular weight excluding hydrogens is 228 g/mol. The van der Waals surface area contributed by atoms with Gasteiger partial charge in [-0.25, -0.2) is 0 Å². The highest BCUT2D eigenvalue weighted by Gasteiger charge is 2.25. The number of nitrogens with one attached hydrogen (secondary N) is 1. The molecule has 0 heterocycles. The SMILES string of the molecule is COC(CNC(=O)c1ccccc1N)C(C)(C)C. The van der Waals surface area contributed by atoms with E-state index >= 15 is 0 Å². The lowest BCUT2D eigenvalue weighted by Gasteiger charge is -2.29. The highest BCUT2D eigenvalue weighted by Crippen LogP contribution is 2.21. The molecule has 0 aliphatic rings. The molecule has 0 aromatic heterocycles. The van der Waals surface area contributed by atoms with Crippen molar-refractivity contribution in [3.8, 4) is 0 Å². The number of benzene rings is 1. The Morgan fingerprint density at radius 2 is 2.00 bits per heavy atom. The van der Waals surface area contributed by atoms with Crippen molar-refractivity contribution in [2.45, 2.75) is 26.9 Å². The van der Waals surface area contributed by atoms with Crippen LogP contribution in [0.3, 0.4) is 0 Å². The summed E-state index contributed by atoms with van der Waals surface area (Å²) in [7, 11) is 1.65. The van der Waals surface area contributed by atoms with Crippen molar-refractivity contribution >= 4 is 11.6 Å². The minimum absolute atomic E-state index is 0.0235. The summed E-state index contributed by atoms with van der Waals surface area (Å²) in [6.07, 6.45) is -0.0358. The van der Waals surface area contributed by atoms with E-state index < -0.39 is 0 Å². The van der Waals surface area contributed by atoms with Crippen LogP contribution in [0.1, 0.15) is 31.1 Å². The van der Waals surface area contributed by atoms with Crippen LogP contribution >= 0.6 is 0 Å². The third-order valence-corrected chi connectivity index (χ3v) is 2.90. The number of anilines is 1. The molecule has 1 atom stereocenters. The van der Waals surface area contributed by atoms with Gasteiger partial charge in [-0.1, -0.05) is 32.9 Å². The first kappa shape index (κ1) is 14.5. The molecule has 3 N–H and O–H groups in total. The first-order chi connectivity index (χ1) is 8.36. The fourth-order valence-electron chi connectivity index (χ4n) is 1.73. The third kappa shape index (κ3) is 3.74. The molecule has 4 heteroatoms. The topological polar surface area (TPSA) is 64.3 Å². The first-order valence-electron chi connectivity index (χ1n) is 6.01. The molecule has 1 aromatic carbocycles. The Hall–Kier alpha value is -1.55. The Morgan fingerprint density at radius 3 is 2.50 bits per heavy atom. The number of methoxy groups -OCH3 is 1. The fraction of sp³-hybridized carbons (Fsp3) is 0.500. The zero-order chi connectivity index (χ0) is 13.8. The summed E-state index contributed by atoms with van der Waals surface area (Å²) in [5.74, 6) is -0.167. The largest absolute Gasteiger partial charge is 0.398 e. The molecule has 0 radical (unpaired) electrons. The van der Waals surface area contributed by atoms with Gasteiger partial charge in [-0.2, -0.15) is 0 Å². The maximum atomic E-state index is 12.0. The highest BCUT2D eigenvalue weighted by atomic mass is 16.5. The van der Waals surface area contributed by atoms with Gasteiger partial charge in [0.25, 0.3) is 5.91 Å². The Morgan fingerprint density at radius 1 is 1.39 bits per heavy atom. The van der Waals surface area contributed by atoms with Gasteiger partial charge in [0.15, 0.2) is 0 Å². The summed E-state index contributed by atoms with van der Waals surface area (Å²) >= 11 is 0. The van der Waals surface area contributed by atoms with Crippen LogP contribution in [-0.2, 0) is 4.74 Å². The number of nitrogens with two attached hydrogens (primary N) is 1. The predicted molar refractivity (Wildman–Crippen MR) is 73.4 cm³/mol. The molecule has 4 nitrogen and oxygen atoms in total. The number of hydrogen-bond acceptors (Lipinski definition) is 3. The Balaban J connectivity index is 2.64. The molecule has 0 saturated heterocycles. The maximum absolute atomic E-state index is 12.0. The number of ether oxygens (including phenoxy) is 1. The van der Waals surface area contributed by atoms with Crippen molar-refractivity contribution in [1.82, 2.24) is 5.32 Å². The van der Waals surface area contributed by atoms with Gasteiger partial charge in [0, 0.05) is 19.3 Å². The zero-order valence-electron chi connectivity index (χ0n) is 11.5. The summed E-state index contributed by atoms with van der Waals surface area (Å²) in [5, 5.41) is 2.85. The van der Waals surface area contributed by atoms with Crippen molar-refractivity contribution in [2.24, 2.45) is 5.41 Å². The lowest BCUT2D eigenvalue weighted by molar-refractivity contribution is 0.0176. The Bertz CT molecular complexity index is 411. The van der Waals surface area contributed by atoms with Crippen molar-refractivity contribution < 1.29 is 9.53 Å². The maximum Gasteiger partial charge on any atom is 0.253 e. The molecule has 100 valence electrons. The molecule has 1 unspecified atom stereocenters. The van der Waals surface area contributed by atoms with Gasteiger partial charge in [-0.05, 0) is 17.5 Å². The molecule has 0 fully saturated rings. The predicted octanol–water partition coefficient (Wildman–Crippen LogP) is 2.06. The number of carbonyl (C=O) groups excluding carboxylic acids is 1. The molecular formula is C14H22N2O2. The van der Waals surface area contributed by atoms with E-state index in [-0.39, 0.29) is 17.4 Å². The van der Waals surface area contributed by atoms with E-state index in [1.807, 2.05) is 0 Å². The molecule has 18 heavy (non-hydrogen) atoms. The molecule has 0 saturated carbocycles. The van der Waals surface area contributed by atoms with Crippen LogP contribution in [0.4, 0.5) is 5.69 Å². The van der Waals surface area contributed by atoms with Crippen molar-refractivity contribution in [3.63, 3.8) is 0 Å². The summed E-state index contributed by atoms with van der Waals surface area (Å²) in [4.78, 5) is 12.0. The van der Waals surface area contributed by atoms with Gasteiger partial charge < -0.3 is 15.8 Å². The Labute approximate surface area is 109 Å². The number of rotatable bonds is 4. The van der Waals surface area contributed by atoms with Crippen LogP contribution in [-0.4, -0.2) is 25.7 Å². The molecule has 0 spiro atoms. The average Bonchev–Trinajstić information content (AvgIpc) is 2.28. The second-order valence-corrected chi connectivity index (χ2v) is 5.39. The van der Waals surface area contributed by atoms with Gasteiger partial charge in [0.1, 0.15) is 0 Å². The van der Waals surface area contributed by atoms with E-state index in [4.69, 9.17) is 10.5 Å². The van der Waals surface area contributed by atoms with Gasteiger partial charge in [0.05, 0.1) is 11.7 Å². The van der Waals surface area contributed by atoms with E-state index in [9.17, 15) is 4.79 Å². The lowest BCUT2D eigenvalue weighted by Crippen LogP contribution is -2.40. The van der Waals surface area contributed by atoms with Gasteiger partial charge >= 0.3 is 0 Å². The quantitative estimate of drug-likeness (QED) is 0.804. The van der Waals surface area contributed by atoms with E-state index in [2.05, 4.69) is 26.1 Å². The second kappa shape index (κ2) is 5.87. The fourth-order valence-corrected chi connectivity index (χ4v) is 1.73. The van der Waals surface area contributed by atoms with Crippen LogP contribution in [0.15, 0.2) is 24.3 Å². The van der Waals surface area contributed by atoms with Crippen molar-refractivity contribution in [2.75, 3.05) is 19.4 Å². The van der Waals surface area contributed by atoms with E-state index in [0.29, 0.717) is 17.8 Å². The molecule has 0 bridgehead atoms. The van der Waals surface area contributed by atoms with E-state index in [0.717, 1.165) is 0 Å². The van der Waals surface area contributed by atoms with E-state index in [1.165, 1.54) is 0 Å². The number of hydrogen-bond donors (Lipinski definition) is 2. The monoisotopic (exact) mass is 250 g/mol. The molecule has 0 aliphatic heterocycles. The summed E-state index contributed by atoms with van der Waals surface area (Å²) < 4.78 is 5.39. The number of nitrogen functional groups attached to an aromatic ring is 1. The molecule has 0 aliphatic carbocycles. The van der Waals surface area contributed by atoms with Crippen molar-refractivity contribution in [1.29, 1.82) is 0 Å². The van der Waals surface area contributed by atoms with Crippen LogP contribution < -0.4 is 11.1 Å². The average molecular weight is 250 g/mol. The summed E-state index contributed by atoms with van der Waals surface area (Å²) in [6.45, 7) is 6.69.